The molecule has 0 aliphatic rings. The lowest BCUT2D eigenvalue weighted by atomic mass is 10.2. The third kappa shape index (κ3) is 4.06. The average Bonchev–Trinajstić information content (AvgIpc) is 2.96. The highest BCUT2D eigenvalue weighted by molar-refractivity contribution is 7.98. The maximum atomic E-state index is 5.24. The Kier molecular flexibility index (Phi) is 5.78. The van der Waals surface area contributed by atoms with Crippen molar-refractivity contribution in [1.29, 1.82) is 0 Å². The maximum absolute atomic E-state index is 5.24. The number of hydrogen-bond acceptors (Lipinski definition) is 5. The molecule has 0 spiro atoms. The zero-order chi connectivity index (χ0) is 15.2. The quantitative estimate of drug-likeness (QED) is 0.579. The molecule has 6 heteroatoms. The lowest BCUT2D eigenvalue weighted by molar-refractivity contribution is -0.106. The minimum atomic E-state index is -0.312. The van der Waals surface area contributed by atoms with Crippen LogP contribution in [0.1, 0.15) is 37.6 Å². The summed E-state index contributed by atoms with van der Waals surface area (Å²) in [6.45, 7) is 4.21. The first kappa shape index (κ1) is 16.0. The fourth-order valence-electron chi connectivity index (χ4n) is 2.05. The molecule has 114 valence electrons. The summed E-state index contributed by atoms with van der Waals surface area (Å²) in [4.78, 5) is 5.50. The first-order chi connectivity index (χ1) is 10.2. The van der Waals surface area contributed by atoms with Gasteiger partial charge in [0.1, 0.15) is 12.2 Å². The minimum Gasteiger partial charge on any atom is -0.352 e. The van der Waals surface area contributed by atoms with E-state index in [0.717, 1.165) is 17.1 Å². The van der Waals surface area contributed by atoms with Gasteiger partial charge in [-0.25, -0.2) is 9.67 Å². The summed E-state index contributed by atoms with van der Waals surface area (Å²) >= 11 is 1.74. The van der Waals surface area contributed by atoms with E-state index in [1.165, 1.54) is 4.90 Å². The maximum Gasteiger partial charge on any atom is 0.183 e. The minimum absolute atomic E-state index is 0.312. The Balaban J connectivity index is 1.99. The van der Waals surface area contributed by atoms with E-state index in [2.05, 4.69) is 36.1 Å². The van der Waals surface area contributed by atoms with Crippen LogP contribution in [-0.2, 0) is 15.2 Å². The smallest absolute Gasteiger partial charge is 0.183 e. The lowest BCUT2D eigenvalue weighted by Gasteiger charge is -2.14. The van der Waals surface area contributed by atoms with Gasteiger partial charge in [-0.05, 0) is 26.0 Å². The van der Waals surface area contributed by atoms with Gasteiger partial charge in [-0.15, -0.1) is 11.8 Å². The number of hydrogen-bond donors (Lipinski definition) is 0. The van der Waals surface area contributed by atoms with E-state index < -0.39 is 0 Å². The molecule has 0 amide bonds. The molecule has 2 aromatic rings. The molecule has 0 fully saturated rings. The second-order valence-electron chi connectivity index (χ2n) is 4.88. The summed E-state index contributed by atoms with van der Waals surface area (Å²) in [6, 6.07) is 8.51. The molecule has 0 saturated heterocycles. The van der Waals surface area contributed by atoms with Crippen molar-refractivity contribution >= 4 is 11.8 Å². The third-order valence-corrected chi connectivity index (χ3v) is 4.09. The van der Waals surface area contributed by atoms with Crippen molar-refractivity contribution in [3.8, 4) is 0 Å². The van der Waals surface area contributed by atoms with Gasteiger partial charge in [0.2, 0.25) is 0 Å². The fourth-order valence-corrected chi connectivity index (χ4v) is 2.88. The molecule has 0 saturated carbocycles. The van der Waals surface area contributed by atoms with Crippen LogP contribution < -0.4 is 0 Å². The molecule has 0 aliphatic carbocycles. The first-order valence-electron chi connectivity index (χ1n) is 6.82. The number of methoxy groups -OCH3 is 2. The van der Waals surface area contributed by atoms with E-state index in [1.807, 2.05) is 16.8 Å². The van der Waals surface area contributed by atoms with Crippen molar-refractivity contribution in [3.05, 3.63) is 42.0 Å². The van der Waals surface area contributed by atoms with Crippen molar-refractivity contribution in [1.82, 2.24) is 14.8 Å². The molecule has 1 heterocycles. The van der Waals surface area contributed by atoms with Crippen LogP contribution in [0.25, 0.3) is 0 Å². The van der Waals surface area contributed by atoms with Crippen molar-refractivity contribution in [3.63, 3.8) is 0 Å². The molecule has 1 aromatic carbocycles. The van der Waals surface area contributed by atoms with Crippen LogP contribution in [0.5, 0.6) is 0 Å². The van der Waals surface area contributed by atoms with Gasteiger partial charge in [-0.2, -0.15) is 5.10 Å². The van der Waals surface area contributed by atoms with Gasteiger partial charge in [0.05, 0.1) is 5.75 Å². The van der Waals surface area contributed by atoms with E-state index in [9.17, 15) is 0 Å². The van der Waals surface area contributed by atoms with Crippen molar-refractivity contribution in [2.45, 2.75) is 36.8 Å². The second kappa shape index (κ2) is 7.59. The topological polar surface area (TPSA) is 49.2 Å². The average molecular weight is 307 g/mol. The number of nitrogens with zero attached hydrogens (tertiary/aromatic N) is 3. The largest absolute Gasteiger partial charge is 0.352 e. The van der Waals surface area contributed by atoms with E-state index in [0.29, 0.717) is 6.04 Å². The van der Waals surface area contributed by atoms with Crippen LogP contribution in [-0.4, -0.2) is 29.0 Å². The number of benzene rings is 1. The van der Waals surface area contributed by atoms with Crippen LogP contribution in [0.15, 0.2) is 35.5 Å². The van der Waals surface area contributed by atoms with Crippen LogP contribution in [0.3, 0.4) is 0 Å². The van der Waals surface area contributed by atoms with Gasteiger partial charge in [0, 0.05) is 30.7 Å². The Bertz CT molecular complexity index is 550. The van der Waals surface area contributed by atoms with Crippen LogP contribution in [0.4, 0.5) is 0 Å². The molecule has 0 atom stereocenters. The number of ether oxygens (including phenoxy) is 2. The first-order valence-corrected chi connectivity index (χ1v) is 7.81. The SMILES string of the molecule is COC(OC)c1ccc(SCc2ncnn2C(C)C)cc1. The summed E-state index contributed by atoms with van der Waals surface area (Å²) in [5.74, 6) is 1.79. The standard InChI is InChI=1S/C15H21N3O2S/c1-11(2)18-14(16-10-17-18)9-21-13-7-5-12(6-8-13)15(19-3)20-4/h5-8,10-11,15H,9H2,1-4H3. The Labute approximate surface area is 129 Å². The van der Waals surface area contributed by atoms with Crippen molar-refractivity contribution < 1.29 is 9.47 Å². The molecular weight excluding hydrogens is 286 g/mol. The lowest BCUT2D eigenvalue weighted by Crippen LogP contribution is -2.07. The number of thioether (sulfide) groups is 1. The molecule has 1 aromatic heterocycles. The van der Waals surface area contributed by atoms with Gasteiger partial charge >= 0.3 is 0 Å². The molecule has 0 N–H and O–H groups in total. The van der Waals surface area contributed by atoms with Crippen LogP contribution >= 0.6 is 11.8 Å². The summed E-state index contributed by atoms with van der Waals surface area (Å²) in [6.07, 6.45) is 1.30. The zero-order valence-corrected chi connectivity index (χ0v) is 13.6. The highest BCUT2D eigenvalue weighted by Gasteiger charge is 2.10. The highest BCUT2D eigenvalue weighted by Crippen LogP contribution is 2.25. The summed E-state index contributed by atoms with van der Waals surface area (Å²) < 4.78 is 12.4. The Morgan fingerprint density at radius 3 is 2.38 bits per heavy atom. The molecule has 5 nitrogen and oxygen atoms in total. The molecule has 0 aliphatic heterocycles. The predicted molar refractivity (Wildman–Crippen MR) is 83.2 cm³/mol. The van der Waals surface area contributed by atoms with E-state index in [4.69, 9.17) is 9.47 Å². The van der Waals surface area contributed by atoms with Gasteiger partial charge in [-0.1, -0.05) is 12.1 Å². The molecule has 21 heavy (non-hydrogen) atoms. The van der Waals surface area contributed by atoms with E-state index in [-0.39, 0.29) is 6.29 Å². The normalized spacial score (nSPS) is 11.5. The van der Waals surface area contributed by atoms with Gasteiger partial charge in [0.25, 0.3) is 0 Å². The number of aromatic nitrogens is 3. The van der Waals surface area contributed by atoms with E-state index in [1.54, 1.807) is 32.3 Å². The van der Waals surface area contributed by atoms with Gasteiger partial charge in [0.15, 0.2) is 6.29 Å². The van der Waals surface area contributed by atoms with E-state index >= 15 is 0 Å². The number of rotatable bonds is 7. The highest BCUT2D eigenvalue weighted by atomic mass is 32.2. The Morgan fingerprint density at radius 1 is 1.14 bits per heavy atom. The Hall–Kier alpha value is -1.37. The molecular formula is C15H21N3O2S. The zero-order valence-electron chi connectivity index (χ0n) is 12.8. The third-order valence-electron chi connectivity index (χ3n) is 3.08. The van der Waals surface area contributed by atoms with Crippen LogP contribution in [0.2, 0.25) is 0 Å². The molecule has 0 radical (unpaired) electrons. The van der Waals surface area contributed by atoms with Crippen molar-refractivity contribution in [2.24, 2.45) is 0 Å². The van der Waals surface area contributed by atoms with Gasteiger partial charge < -0.3 is 9.47 Å². The fraction of sp³-hybridized carbons (Fsp3) is 0.467. The predicted octanol–water partition coefficient (Wildman–Crippen LogP) is 3.44. The molecule has 2 rings (SSSR count). The summed E-state index contributed by atoms with van der Waals surface area (Å²) in [5.41, 5.74) is 1.01. The monoisotopic (exact) mass is 307 g/mol. The molecule has 0 bridgehead atoms. The second-order valence-corrected chi connectivity index (χ2v) is 5.92. The Morgan fingerprint density at radius 2 is 1.81 bits per heavy atom. The van der Waals surface area contributed by atoms with Crippen molar-refractivity contribution in [2.75, 3.05) is 14.2 Å². The van der Waals surface area contributed by atoms with Gasteiger partial charge in [-0.3, -0.25) is 0 Å². The van der Waals surface area contributed by atoms with Crippen LogP contribution in [0, 0.1) is 0 Å². The summed E-state index contributed by atoms with van der Waals surface area (Å²) in [7, 11) is 3.27. The summed E-state index contributed by atoms with van der Waals surface area (Å²) in [5, 5.41) is 4.25. The molecule has 0 unspecified atom stereocenters.